The quantitative estimate of drug-likeness (QED) is 0.662. The number of nitrogens with one attached hydrogen (secondary N) is 1. The minimum Gasteiger partial charge on any atom is -0.277 e. The summed E-state index contributed by atoms with van der Waals surface area (Å²) in [4.78, 5) is 15.7. The molecule has 0 radical (unpaired) electrons. The third-order valence-corrected chi connectivity index (χ3v) is 2.32. The molecule has 0 saturated carbocycles. The number of halogens is 3. The molecule has 0 atom stereocenters. The van der Waals surface area contributed by atoms with Gasteiger partial charge < -0.3 is 0 Å². The molecule has 82 valence electrons. The molecule has 6 heteroatoms. The van der Waals surface area contributed by atoms with Gasteiger partial charge in [0.15, 0.2) is 0 Å². The van der Waals surface area contributed by atoms with Crippen LogP contribution in [-0.2, 0) is 8.63 Å². The summed E-state index contributed by atoms with van der Waals surface area (Å²) in [7, 11) is 1.35. The number of carbonyl (C=O) groups is 1. The molecule has 0 aliphatic heterocycles. The molecule has 0 heterocycles. The van der Waals surface area contributed by atoms with E-state index in [1.54, 1.807) is 24.3 Å². The van der Waals surface area contributed by atoms with Gasteiger partial charge in [0, 0.05) is 11.1 Å². The van der Waals surface area contributed by atoms with Crippen LogP contribution >= 0.6 is 34.8 Å². The van der Waals surface area contributed by atoms with Crippen molar-refractivity contribution in [2.24, 2.45) is 0 Å². The summed E-state index contributed by atoms with van der Waals surface area (Å²) in [5.41, 5.74) is 3.11. The summed E-state index contributed by atoms with van der Waals surface area (Å²) in [6, 6.07) is 6.23. The lowest BCUT2D eigenvalue weighted by Gasteiger charge is -2.11. The first-order valence-corrected chi connectivity index (χ1v) is 5.09. The van der Waals surface area contributed by atoms with Crippen molar-refractivity contribution in [2.45, 2.75) is 3.79 Å². The van der Waals surface area contributed by atoms with E-state index in [-0.39, 0.29) is 5.91 Å². The Morgan fingerprint density at radius 1 is 1.27 bits per heavy atom. The zero-order valence-corrected chi connectivity index (χ0v) is 10.0. The molecule has 0 aliphatic rings. The Bertz CT molecular complexity index is 345. The van der Waals surface area contributed by atoms with Gasteiger partial charge in [0.1, 0.15) is 0 Å². The Balaban J connectivity index is 2.86. The first-order valence-electron chi connectivity index (χ1n) is 3.95. The van der Waals surface area contributed by atoms with E-state index in [9.17, 15) is 4.79 Å². The second kappa shape index (κ2) is 5.03. The Kier molecular flexibility index (Phi) is 4.22. The predicted molar refractivity (Wildman–Crippen MR) is 60.2 cm³/mol. The van der Waals surface area contributed by atoms with E-state index in [2.05, 4.69) is 10.3 Å². The van der Waals surface area contributed by atoms with Gasteiger partial charge in [-0.05, 0) is 12.1 Å². The van der Waals surface area contributed by atoms with Crippen LogP contribution in [0.3, 0.4) is 0 Å². The molecule has 1 aromatic carbocycles. The van der Waals surface area contributed by atoms with E-state index in [0.717, 1.165) is 0 Å². The average Bonchev–Trinajstić information content (AvgIpc) is 2.17. The van der Waals surface area contributed by atoms with Gasteiger partial charge in [0.25, 0.3) is 5.91 Å². The van der Waals surface area contributed by atoms with E-state index in [4.69, 9.17) is 34.8 Å². The summed E-state index contributed by atoms with van der Waals surface area (Å²) >= 11 is 17.0. The number of amides is 1. The third-order valence-electron chi connectivity index (χ3n) is 1.67. The van der Waals surface area contributed by atoms with E-state index < -0.39 is 3.79 Å². The van der Waals surface area contributed by atoms with E-state index >= 15 is 0 Å². The normalized spacial score (nSPS) is 11.2. The van der Waals surface area contributed by atoms with Crippen LogP contribution in [0.15, 0.2) is 24.3 Å². The SMILES string of the molecule is CONC(=O)c1ccc(C(Cl)(Cl)Cl)cc1. The number of benzene rings is 1. The van der Waals surface area contributed by atoms with Gasteiger partial charge in [-0.25, -0.2) is 5.48 Å². The number of hydrogen-bond donors (Lipinski definition) is 1. The van der Waals surface area contributed by atoms with Crippen molar-refractivity contribution in [3.63, 3.8) is 0 Å². The highest BCUT2D eigenvalue weighted by atomic mass is 35.6. The summed E-state index contributed by atoms with van der Waals surface area (Å²) < 4.78 is -1.48. The zero-order valence-electron chi connectivity index (χ0n) is 7.76. The molecule has 1 amide bonds. The van der Waals surface area contributed by atoms with Crippen LogP contribution in [-0.4, -0.2) is 13.0 Å². The number of rotatable bonds is 2. The van der Waals surface area contributed by atoms with E-state index in [1.807, 2.05) is 0 Å². The van der Waals surface area contributed by atoms with Crippen LogP contribution in [0.25, 0.3) is 0 Å². The van der Waals surface area contributed by atoms with Gasteiger partial charge in [0.2, 0.25) is 3.79 Å². The van der Waals surface area contributed by atoms with Crippen LogP contribution in [0, 0.1) is 0 Å². The van der Waals surface area contributed by atoms with Gasteiger partial charge in [0.05, 0.1) is 7.11 Å². The van der Waals surface area contributed by atoms with Crippen molar-refractivity contribution in [3.05, 3.63) is 35.4 Å². The molecule has 1 N–H and O–H groups in total. The molecular formula is C9H8Cl3NO2. The highest BCUT2D eigenvalue weighted by Gasteiger charge is 2.22. The van der Waals surface area contributed by atoms with Crippen molar-refractivity contribution < 1.29 is 9.63 Å². The van der Waals surface area contributed by atoms with Gasteiger partial charge >= 0.3 is 0 Å². The molecule has 0 fully saturated rings. The summed E-state index contributed by atoms with van der Waals surface area (Å²) in [5.74, 6) is -0.353. The van der Waals surface area contributed by atoms with Crippen molar-refractivity contribution >= 4 is 40.7 Å². The van der Waals surface area contributed by atoms with Crippen molar-refractivity contribution in [3.8, 4) is 0 Å². The Morgan fingerprint density at radius 3 is 2.20 bits per heavy atom. The fourth-order valence-corrected chi connectivity index (χ4v) is 1.34. The minimum atomic E-state index is -1.48. The molecule has 3 nitrogen and oxygen atoms in total. The molecule has 0 spiro atoms. The van der Waals surface area contributed by atoms with Gasteiger partial charge in [-0.2, -0.15) is 0 Å². The number of hydrogen-bond acceptors (Lipinski definition) is 2. The first kappa shape index (κ1) is 12.6. The molecule has 0 bridgehead atoms. The monoisotopic (exact) mass is 267 g/mol. The average molecular weight is 269 g/mol. The lowest BCUT2D eigenvalue weighted by molar-refractivity contribution is 0.0537. The maximum Gasteiger partial charge on any atom is 0.274 e. The zero-order chi connectivity index (χ0) is 11.5. The predicted octanol–water partition coefficient (Wildman–Crippen LogP) is 2.80. The van der Waals surface area contributed by atoms with Crippen LogP contribution in [0.4, 0.5) is 0 Å². The van der Waals surface area contributed by atoms with Crippen LogP contribution in [0.5, 0.6) is 0 Å². The second-order valence-corrected chi connectivity index (χ2v) is 4.99. The second-order valence-electron chi connectivity index (χ2n) is 2.71. The molecule has 0 saturated heterocycles. The minimum absolute atomic E-state index is 0.353. The third kappa shape index (κ3) is 3.54. The smallest absolute Gasteiger partial charge is 0.274 e. The summed E-state index contributed by atoms with van der Waals surface area (Å²) in [6.45, 7) is 0. The van der Waals surface area contributed by atoms with E-state index in [0.29, 0.717) is 11.1 Å². The lowest BCUT2D eigenvalue weighted by Crippen LogP contribution is -2.21. The lowest BCUT2D eigenvalue weighted by atomic mass is 10.1. The first-order chi connectivity index (χ1) is 6.95. The van der Waals surface area contributed by atoms with Crippen molar-refractivity contribution in [1.29, 1.82) is 0 Å². The van der Waals surface area contributed by atoms with Crippen molar-refractivity contribution in [1.82, 2.24) is 5.48 Å². The molecule has 0 aliphatic carbocycles. The molecule has 15 heavy (non-hydrogen) atoms. The molecule has 0 unspecified atom stereocenters. The largest absolute Gasteiger partial charge is 0.277 e. The van der Waals surface area contributed by atoms with Crippen LogP contribution < -0.4 is 5.48 Å². The maximum absolute atomic E-state index is 11.3. The number of hydroxylamine groups is 1. The molecule has 1 rings (SSSR count). The Labute approximate surface area is 102 Å². The van der Waals surface area contributed by atoms with E-state index in [1.165, 1.54) is 7.11 Å². The summed E-state index contributed by atoms with van der Waals surface area (Å²) in [5, 5.41) is 0. The van der Waals surface area contributed by atoms with Gasteiger partial charge in [-0.1, -0.05) is 46.9 Å². The molecular weight excluding hydrogens is 260 g/mol. The van der Waals surface area contributed by atoms with Gasteiger partial charge in [-0.3, -0.25) is 9.63 Å². The van der Waals surface area contributed by atoms with Crippen molar-refractivity contribution in [2.75, 3.05) is 7.11 Å². The topological polar surface area (TPSA) is 38.3 Å². The van der Waals surface area contributed by atoms with Crippen LogP contribution in [0.1, 0.15) is 15.9 Å². The van der Waals surface area contributed by atoms with Gasteiger partial charge in [-0.15, -0.1) is 0 Å². The molecule has 1 aromatic rings. The molecule has 0 aromatic heterocycles. The fourth-order valence-electron chi connectivity index (χ4n) is 0.962. The van der Waals surface area contributed by atoms with Crippen LogP contribution in [0.2, 0.25) is 0 Å². The standard InChI is InChI=1S/C9H8Cl3NO2/c1-15-13-8(14)6-2-4-7(5-3-6)9(10,11)12/h2-5H,1H3,(H,13,14). The summed E-state index contributed by atoms with van der Waals surface area (Å²) in [6.07, 6.45) is 0. The highest BCUT2D eigenvalue weighted by molar-refractivity contribution is 6.66. The maximum atomic E-state index is 11.3. The Hall–Kier alpha value is -0.480. The number of alkyl halides is 3. The fraction of sp³-hybridized carbons (Fsp3) is 0.222. The number of carbonyl (C=O) groups excluding carboxylic acids is 1. The highest BCUT2D eigenvalue weighted by Crippen LogP contribution is 2.37. The Morgan fingerprint density at radius 2 is 1.80 bits per heavy atom.